The highest BCUT2D eigenvalue weighted by molar-refractivity contribution is 6.31. The van der Waals surface area contributed by atoms with Crippen LogP contribution in [0, 0.1) is 0 Å². The predicted molar refractivity (Wildman–Crippen MR) is 133 cm³/mol. The van der Waals surface area contributed by atoms with Gasteiger partial charge in [0.15, 0.2) is 0 Å². The van der Waals surface area contributed by atoms with Crippen LogP contribution in [-0.4, -0.2) is 34.0 Å². The number of ether oxygens (including phenoxy) is 1. The normalized spacial score (nSPS) is 17.0. The van der Waals surface area contributed by atoms with Crippen LogP contribution in [0.5, 0.6) is 5.75 Å². The van der Waals surface area contributed by atoms with Gasteiger partial charge >= 0.3 is 12.1 Å². The summed E-state index contributed by atoms with van der Waals surface area (Å²) in [6, 6.07) is 17.0. The van der Waals surface area contributed by atoms with Crippen LogP contribution in [0.25, 0.3) is 0 Å². The van der Waals surface area contributed by atoms with E-state index in [0.29, 0.717) is 30.0 Å². The molecule has 0 saturated carbocycles. The minimum atomic E-state index is -4.55. The van der Waals surface area contributed by atoms with Crippen LogP contribution in [0.15, 0.2) is 66.7 Å². The highest BCUT2D eigenvalue weighted by atomic mass is 35.5. The van der Waals surface area contributed by atoms with Gasteiger partial charge < -0.3 is 14.7 Å². The van der Waals surface area contributed by atoms with Crippen LogP contribution in [0.2, 0.25) is 5.02 Å². The molecule has 194 valence electrons. The molecule has 0 aliphatic carbocycles. The quantitative estimate of drug-likeness (QED) is 0.382. The maximum atomic E-state index is 13.2. The molecule has 0 bridgehead atoms. The Balaban J connectivity index is 1.53. The second-order valence-electron chi connectivity index (χ2n) is 9.40. The zero-order valence-corrected chi connectivity index (χ0v) is 20.8. The van der Waals surface area contributed by atoms with E-state index >= 15 is 0 Å². The Morgan fingerprint density at radius 1 is 1.08 bits per heavy atom. The average Bonchev–Trinajstić information content (AvgIpc) is 2.83. The van der Waals surface area contributed by atoms with Gasteiger partial charge in [0.05, 0.1) is 5.56 Å². The van der Waals surface area contributed by atoms with Gasteiger partial charge in [-0.1, -0.05) is 41.9 Å². The standard InChI is InChI=1S/C28H25ClF3NO4/c1-27(15-21-6-2-3-8-23(21)29)12-11-19-14-20(9-10-24(19)37-27)26(36)33(17-25(34)35)16-18-5-4-7-22(13-18)28(30,31)32/h2-10,13-14H,11-12,15-17H2,1H3,(H,34,35). The fraction of sp³-hybridized carbons (Fsp3) is 0.286. The molecular formula is C28H25ClF3NO4. The SMILES string of the molecule is CC1(Cc2ccccc2Cl)CCc2cc(C(=O)N(CC(=O)O)Cc3cccc(C(F)(F)F)c3)ccc2O1. The summed E-state index contributed by atoms with van der Waals surface area (Å²) in [4.78, 5) is 25.7. The Kier molecular flexibility index (Phi) is 7.50. The van der Waals surface area contributed by atoms with Gasteiger partial charge in [0.1, 0.15) is 17.9 Å². The summed E-state index contributed by atoms with van der Waals surface area (Å²) in [6.07, 6.45) is -2.64. The van der Waals surface area contributed by atoms with Crippen molar-refractivity contribution in [2.24, 2.45) is 0 Å². The predicted octanol–water partition coefficient (Wildman–Crippen LogP) is 6.41. The van der Waals surface area contributed by atoms with Crippen molar-refractivity contribution in [1.82, 2.24) is 4.90 Å². The third kappa shape index (κ3) is 6.43. The molecule has 37 heavy (non-hydrogen) atoms. The number of carboxylic acid groups (broad SMARTS) is 1. The summed E-state index contributed by atoms with van der Waals surface area (Å²) in [5.74, 6) is -1.23. The fourth-order valence-electron chi connectivity index (χ4n) is 4.50. The summed E-state index contributed by atoms with van der Waals surface area (Å²) in [5.41, 5.74) is 0.838. The Bertz CT molecular complexity index is 1330. The van der Waals surface area contributed by atoms with Gasteiger partial charge in [-0.25, -0.2) is 0 Å². The molecule has 0 aromatic heterocycles. The van der Waals surface area contributed by atoms with E-state index in [4.69, 9.17) is 16.3 Å². The van der Waals surface area contributed by atoms with E-state index in [-0.39, 0.29) is 17.7 Å². The molecule has 1 amide bonds. The number of carboxylic acids is 1. The lowest BCUT2D eigenvalue weighted by molar-refractivity contribution is -0.139. The number of benzene rings is 3. The van der Waals surface area contributed by atoms with Crippen molar-refractivity contribution in [3.05, 3.63) is 99.6 Å². The summed E-state index contributed by atoms with van der Waals surface area (Å²) in [7, 11) is 0. The Morgan fingerprint density at radius 3 is 2.54 bits per heavy atom. The molecule has 1 unspecified atom stereocenters. The minimum absolute atomic E-state index is 0.182. The molecule has 4 rings (SSSR count). The van der Waals surface area contributed by atoms with Crippen LogP contribution in [0.4, 0.5) is 13.2 Å². The molecular weight excluding hydrogens is 507 g/mol. The molecule has 1 aliphatic heterocycles. The van der Waals surface area contributed by atoms with E-state index in [2.05, 4.69) is 0 Å². The lowest BCUT2D eigenvalue weighted by Crippen LogP contribution is -2.39. The molecule has 3 aromatic rings. The van der Waals surface area contributed by atoms with Gasteiger partial charge in [0, 0.05) is 23.6 Å². The van der Waals surface area contributed by atoms with E-state index in [0.717, 1.165) is 28.2 Å². The van der Waals surface area contributed by atoms with Crippen LogP contribution < -0.4 is 4.74 Å². The van der Waals surface area contributed by atoms with Crippen molar-refractivity contribution in [3.63, 3.8) is 0 Å². The summed E-state index contributed by atoms with van der Waals surface area (Å²) in [5, 5.41) is 9.99. The average molecular weight is 532 g/mol. The molecule has 1 aliphatic rings. The maximum Gasteiger partial charge on any atom is 0.416 e. The number of carbonyl (C=O) groups excluding carboxylic acids is 1. The van der Waals surface area contributed by atoms with Crippen molar-refractivity contribution >= 4 is 23.5 Å². The number of alkyl halides is 3. The molecule has 1 atom stereocenters. The number of halogens is 4. The first-order chi connectivity index (χ1) is 17.4. The number of amides is 1. The number of hydrogen-bond donors (Lipinski definition) is 1. The largest absolute Gasteiger partial charge is 0.487 e. The topological polar surface area (TPSA) is 66.8 Å². The lowest BCUT2D eigenvalue weighted by Gasteiger charge is -2.36. The van der Waals surface area contributed by atoms with Gasteiger partial charge in [0.2, 0.25) is 0 Å². The first kappa shape index (κ1) is 26.5. The van der Waals surface area contributed by atoms with Crippen LogP contribution in [0.1, 0.15) is 46.0 Å². The Morgan fingerprint density at radius 2 is 1.84 bits per heavy atom. The molecule has 1 heterocycles. The van der Waals surface area contributed by atoms with E-state index in [9.17, 15) is 27.9 Å². The molecule has 5 nitrogen and oxygen atoms in total. The molecule has 0 fully saturated rings. The highest BCUT2D eigenvalue weighted by Crippen LogP contribution is 2.37. The monoisotopic (exact) mass is 531 g/mol. The number of nitrogens with zero attached hydrogens (tertiary/aromatic N) is 1. The summed E-state index contributed by atoms with van der Waals surface area (Å²) in [6.45, 7) is 1.07. The third-order valence-corrected chi connectivity index (χ3v) is 6.72. The van der Waals surface area contributed by atoms with E-state index in [1.807, 2.05) is 31.2 Å². The Labute approximate surface area is 217 Å². The van der Waals surface area contributed by atoms with Crippen molar-refractivity contribution in [2.75, 3.05) is 6.54 Å². The number of fused-ring (bicyclic) bond motifs is 1. The van der Waals surface area contributed by atoms with Gasteiger partial charge in [-0.3, -0.25) is 9.59 Å². The molecule has 0 saturated heterocycles. The van der Waals surface area contributed by atoms with Crippen LogP contribution >= 0.6 is 11.6 Å². The number of carbonyl (C=O) groups is 2. The summed E-state index contributed by atoms with van der Waals surface area (Å²) >= 11 is 6.32. The van der Waals surface area contributed by atoms with Crippen molar-refractivity contribution in [2.45, 2.75) is 44.5 Å². The first-order valence-corrected chi connectivity index (χ1v) is 12.0. The second kappa shape index (κ2) is 10.5. The van der Waals surface area contributed by atoms with Crippen molar-refractivity contribution < 1.29 is 32.6 Å². The molecule has 0 spiro atoms. The van der Waals surface area contributed by atoms with Crippen molar-refractivity contribution in [3.8, 4) is 5.75 Å². The number of rotatable bonds is 7. The number of hydrogen-bond acceptors (Lipinski definition) is 3. The van der Waals surface area contributed by atoms with Gasteiger partial charge in [-0.15, -0.1) is 0 Å². The van der Waals surface area contributed by atoms with Crippen LogP contribution in [-0.2, 0) is 30.4 Å². The molecule has 9 heteroatoms. The van der Waals surface area contributed by atoms with E-state index in [1.165, 1.54) is 12.1 Å². The molecule has 1 N–H and O–H groups in total. The number of aryl methyl sites for hydroxylation is 1. The number of aliphatic carboxylic acids is 1. The zero-order valence-electron chi connectivity index (χ0n) is 20.0. The van der Waals surface area contributed by atoms with E-state index in [1.54, 1.807) is 18.2 Å². The lowest BCUT2D eigenvalue weighted by atomic mass is 9.86. The first-order valence-electron chi connectivity index (χ1n) is 11.7. The van der Waals surface area contributed by atoms with Gasteiger partial charge in [0.25, 0.3) is 5.91 Å². The smallest absolute Gasteiger partial charge is 0.416 e. The van der Waals surface area contributed by atoms with Gasteiger partial charge in [-0.2, -0.15) is 13.2 Å². The van der Waals surface area contributed by atoms with Crippen LogP contribution in [0.3, 0.4) is 0 Å². The molecule has 0 radical (unpaired) electrons. The van der Waals surface area contributed by atoms with E-state index < -0.39 is 35.8 Å². The Hall–Kier alpha value is -3.52. The fourth-order valence-corrected chi connectivity index (χ4v) is 4.71. The van der Waals surface area contributed by atoms with Crippen molar-refractivity contribution in [1.29, 1.82) is 0 Å². The maximum absolute atomic E-state index is 13.2. The highest BCUT2D eigenvalue weighted by Gasteiger charge is 2.33. The minimum Gasteiger partial charge on any atom is -0.487 e. The zero-order chi connectivity index (χ0) is 26.8. The third-order valence-electron chi connectivity index (χ3n) is 6.35. The summed E-state index contributed by atoms with van der Waals surface area (Å²) < 4.78 is 45.6. The molecule has 3 aromatic carbocycles. The van der Waals surface area contributed by atoms with Gasteiger partial charge in [-0.05, 0) is 72.9 Å². The second-order valence-corrected chi connectivity index (χ2v) is 9.80.